The molecule has 120 valence electrons. The smallest absolute Gasteiger partial charge is 0.123 e. The molecule has 0 aliphatic carbocycles. The highest BCUT2D eigenvalue weighted by atomic mass is 32.1. The minimum atomic E-state index is 0.418. The molecule has 1 aromatic heterocycles. The lowest BCUT2D eigenvalue weighted by Crippen LogP contribution is -2.01. The Morgan fingerprint density at radius 1 is 1.41 bits per heavy atom. The summed E-state index contributed by atoms with van der Waals surface area (Å²) in [5, 5.41) is 3.31. The zero-order chi connectivity index (χ0) is 16.1. The quantitative estimate of drug-likeness (QED) is 0.479. The first-order valence-corrected chi connectivity index (χ1v) is 9.39. The third-order valence-corrected chi connectivity index (χ3v) is 5.56. The van der Waals surface area contributed by atoms with E-state index in [0.29, 0.717) is 5.92 Å². The number of allylic oxidation sites excluding steroid dienone is 3. The van der Waals surface area contributed by atoms with Gasteiger partial charge in [0.15, 0.2) is 0 Å². The zero-order valence-corrected chi connectivity index (χ0v) is 15.3. The molecule has 1 aliphatic heterocycles. The standard InChI is InChI=1S/C20H29NS/c1-6-7-14(2)8-9-15(3)12-19-17(5)16(4)13-21-20-18(19)10-11-22-20/h10-11,13-14,16H,3,6-9,12H2,1-2,4-5H3. The maximum absolute atomic E-state index is 4.66. The fourth-order valence-corrected chi connectivity index (χ4v) is 3.84. The molecule has 0 fully saturated rings. The second kappa shape index (κ2) is 7.92. The SMILES string of the molecule is C=C(CCC(C)CCC)CC1=C(C)C(C)C=Nc2sccc21. The number of hydrogen-bond acceptors (Lipinski definition) is 2. The molecule has 1 aliphatic rings. The van der Waals surface area contributed by atoms with Gasteiger partial charge >= 0.3 is 0 Å². The Hall–Kier alpha value is -1.15. The van der Waals surface area contributed by atoms with Gasteiger partial charge in [-0.15, -0.1) is 11.3 Å². The maximum Gasteiger partial charge on any atom is 0.123 e. The third kappa shape index (κ3) is 4.19. The minimum absolute atomic E-state index is 0.418. The normalized spacial score (nSPS) is 19.0. The van der Waals surface area contributed by atoms with Crippen LogP contribution in [0.5, 0.6) is 0 Å². The highest BCUT2D eigenvalue weighted by Crippen LogP contribution is 2.40. The number of fused-ring (bicyclic) bond motifs is 1. The summed E-state index contributed by atoms with van der Waals surface area (Å²) in [5.41, 5.74) is 5.59. The number of nitrogens with zero attached hydrogens (tertiary/aromatic N) is 1. The van der Waals surface area contributed by atoms with E-state index in [4.69, 9.17) is 0 Å². The van der Waals surface area contributed by atoms with E-state index in [2.05, 4.69) is 56.9 Å². The Balaban J connectivity index is 2.08. The van der Waals surface area contributed by atoms with Gasteiger partial charge < -0.3 is 0 Å². The monoisotopic (exact) mass is 315 g/mol. The van der Waals surface area contributed by atoms with Crippen molar-refractivity contribution in [2.75, 3.05) is 0 Å². The Morgan fingerprint density at radius 3 is 2.91 bits per heavy atom. The zero-order valence-electron chi connectivity index (χ0n) is 14.5. The first kappa shape index (κ1) is 17.2. The summed E-state index contributed by atoms with van der Waals surface area (Å²) >= 11 is 1.74. The second-order valence-electron chi connectivity index (χ2n) is 6.73. The molecule has 0 saturated heterocycles. The van der Waals surface area contributed by atoms with Crippen LogP contribution in [-0.2, 0) is 0 Å². The molecule has 2 atom stereocenters. The molecule has 0 amide bonds. The van der Waals surface area contributed by atoms with Crippen molar-refractivity contribution in [3.05, 3.63) is 34.7 Å². The van der Waals surface area contributed by atoms with E-state index in [1.165, 1.54) is 41.5 Å². The Bertz CT molecular complexity index is 576. The summed E-state index contributed by atoms with van der Waals surface area (Å²) in [7, 11) is 0. The molecule has 0 radical (unpaired) electrons. The lowest BCUT2D eigenvalue weighted by Gasteiger charge is -2.16. The fourth-order valence-electron chi connectivity index (χ4n) is 3.07. The molecule has 22 heavy (non-hydrogen) atoms. The summed E-state index contributed by atoms with van der Waals surface area (Å²) in [5.74, 6) is 1.23. The van der Waals surface area contributed by atoms with Crippen LogP contribution < -0.4 is 0 Å². The number of rotatable bonds is 7. The molecule has 0 N–H and O–H groups in total. The molecule has 2 heteroatoms. The maximum atomic E-state index is 4.66. The van der Waals surface area contributed by atoms with Crippen molar-refractivity contribution in [1.82, 2.24) is 0 Å². The van der Waals surface area contributed by atoms with Crippen LogP contribution in [0.3, 0.4) is 0 Å². The number of aliphatic imine (C=N–C) groups is 1. The van der Waals surface area contributed by atoms with Crippen LogP contribution in [0.15, 0.2) is 34.2 Å². The second-order valence-corrected chi connectivity index (χ2v) is 7.62. The van der Waals surface area contributed by atoms with Crippen LogP contribution in [0.1, 0.15) is 65.4 Å². The van der Waals surface area contributed by atoms with Gasteiger partial charge in [-0.2, -0.15) is 0 Å². The van der Waals surface area contributed by atoms with Crippen molar-refractivity contribution < 1.29 is 0 Å². The van der Waals surface area contributed by atoms with Gasteiger partial charge in [0.05, 0.1) is 0 Å². The summed E-state index contributed by atoms with van der Waals surface area (Å²) in [6.07, 6.45) is 8.11. The summed E-state index contributed by atoms with van der Waals surface area (Å²) in [6.45, 7) is 13.5. The van der Waals surface area contributed by atoms with Crippen molar-refractivity contribution in [3.8, 4) is 0 Å². The predicted molar refractivity (Wildman–Crippen MR) is 101 cm³/mol. The molecule has 2 rings (SSSR count). The van der Waals surface area contributed by atoms with E-state index >= 15 is 0 Å². The van der Waals surface area contributed by atoms with Crippen LogP contribution in [0.4, 0.5) is 5.00 Å². The van der Waals surface area contributed by atoms with Crippen molar-refractivity contribution in [2.45, 2.75) is 59.8 Å². The summed E-state index contributed by atoms with van der Waals surface area (Å²) in [4.78, 5) is 4.66. The highest BCUT2D eigenvalue weighted by Gasteiger charge is 2.18. The van der Waals surface area contributed by atoms with Gasteiger partial charge in [0.2, 0.25) is 0 Å². The van der Waals surface area contributed by atoms with Crippen LogP contribution in [0.2, 0.25) is 0 Å². The molecule has 2 heterocycles. The molecule has 1 aromatic rings. The van der Waals surface area contributed by atoms with E-state index in [1.54, 1.807) is 11.3 Å². The Labute approximate surface area is 139 Å². The Kier molecular flexibility index (Phi) is 6.19. The van der Waals surface area contributed by atoms with Gasteiger partial charge in [0.1, 0.15) is 5.00 Å². The van der Waals surface area contributed by atoms with Crippen molar-refractivity contribution >= 4 is 28.1 Å². The van der Waals surface area contributed by atoms with Gasteiger partial charge in [-0.25, -0.2) is 4.99 Å². The molecule has 0 aromatic carbocycles. The first-order valence-electron chi connectivity index (χ1n) is 8.51. The van der Waals surface area contributed by atoms with E-state index in [1.807, 2.05) is 0 Å². The third-order valence-electron chi connectivity index (χ3n) is 4.74. The topological polar surface area (TPSA) is 12.4 Å². The van der Waals surface area contributed by atoms with Crippen LogP contribution >= 0.6 is 11.3 Å². The van der Waals surface area contributed by atoms with Crippen molar-refractivity contribution in [2.24, 2.45) is 16.8 Å². The van der Waals surface area contributed by atoms with Crippen LogP contribution in [-0.4, -0.2) is 6.21 Å². The molecular weight excluding hydrogens is 286 g/mol. The van der Waals surface area contributed by atoms with Gasteiger partial charge in [0.25, 0.3) is 0 Å². The highest BCUT2D eigenvalue weighted by molar-refractivity contribution is 7.14. The number of hydrogen-bond donors (Lipinski definition) is 0. The summed E-state index contributed by atoms with van der Waals surface area (Å²) in [6, 6.07) is 2.22. The number of thiophene rings is 1. The molecule has 0 bridgehead atoms. The average Bonchev–Trinajstić information content (AvgIpc) is 2.92. The molecule has 0 saturated carbocycles. The van der Waals surface area contributed by atoms with E-state index < -0.39 is 0 Å². The van der Waals surface area contributed by atoms with Gasteiger partial charge in [-0.3, -0.25) is 0 Å². The van der Waals surface area contributed by atoms with E-state index in [-0.39, 0.29) is 0 Å². The summed E-state index contributed by atoms with van der Waals surface area (Å²) < 4.78 is 0. The molecule has 0 spiro atoms. The minimum Gasteiger partial charge on any atom is -0.249 e. The largest absolute Gasteiger partial charge is 0.249 e. The first-order chi connectivity index (χ1) is 10.5. The van der Waals surface area contributed by atoms with Crippen molar-refractivity contribution in [1.29, 1.82) is 0 Å². The van der Waals surface area contributed by atoms with Gasteiger partial charge in [-0.1, -0.05) is 51.3 Å². The molecule has 1 nitrogen and oxygen atoms in total. The van der Waals surface area contributed by atoms with Crippen LogP contribution in [0, 0.1) is 11.8 Å². The van der Waals surface area contributed by atoms with Gasteiger partial charge in [0, 0.05) is 17.7 Å². The fraction of sp³-hybridized carbons (Fsp3) is 0.550. The average molecular weight is 316 g/mol. The van der Waals surface area contributed by atoms with E-state index in [0.717, 1.165) is 23.8 Å². The molecule has 2 unspecified atom stereocenters. The molecular formula is C20H29NS. The lowest BCUT2D eigenvalue weighted by atomic mass is 9.88. The van der Waals surface area contributed by atoms with Gasteiger partial charge in [-0.05, 0) is 49.1 Å². The van der Waals surface area contributed by atoms with E-state index in [9.17, 15) is 0 Å². The van der Waals surface area contributed by atoms with Crippen LogP contribution in [0.25, 0.3) is 5.57 Å². The lowest BCUT2D eigenvalue weighted by molar-refractivity contribution is 0.484. The predicted octanol–water partition coefficient (Wildman–Crippen LogP) is 7.04. The van der Waals surface area contributed by atoms with Crippen molar-refractivity contribution in [3.63, 3.8) is 0 Å². The Morgan fingerprint density at radius 2 is 2.18 bits per heavy atom.